The Kier molecular flexibility index (Phi) is 7.62. The molecule has 7 heteroatoms. The van der Waals surface area contributed by atoms with Crippen molar-refractivity contribution in [3.8, 4) is 0 Å². The van der Waals surface area contributed by atoms with Gasteiger partial charge in [0.2, 0.25) is 0 Å². The first-order chi connectivity index (χ1) is 15.0. The average Bonchev–Trinajstić information content (AvgIpc) is 2.79. The van der Waals surface area contributed by atoms with Crippen LogP contribution in [0.2, 0.25) is 5.02 Å². The molecule has 0 bridgehead atoms. The quantitative estimate of drug-likeness (QED) is 0.564. The second kappa shape index (κ2) is 10.6. The van der Waals surface area contributed by atoms with Crippen LogP contribution in [0.1, 0.15) is 45.2 Å². The van der Waals surface area contributed by atoms with E-state index < -0.39 is 0 Å². The molecular weight excluding hydrogens is 414 g/mol. The lowest BCUT2D eigenvalue weighted by molar-refractivity contribution is 0.0945. The van der Waals surface area contributed by atoms with Gasteiger partial charge in [-0.3, -0.25) is 14.4 Å². The third kappa shape index (κ3) is 6.06. The van der Waals surface area contributed by atoms with Crippen molar-refractivity contribution in [1.82, 2.24) is 15.2 Å². The summed E-state index contributed by atoms with van der Waals surface area (Å²) in [5.41, 5.74) is 2.29. The number of carbonyl (C=O) groups is 2. The molecule has 0 atom stereocenters. The molecule has 0 unspecified atom stereocenters. The molecule has 3 aromatic rings. The molecule has 0 radical (unpaired) electrons. The van der Waals surface area contributed by atoms with Gasteiger partial charge >= 0.3 is 0 Å². The zero-order chi connectivity index (χ0) is 22.2. The van der Waals surface area contributed by atoms with Crippen LogP contribution in [-0.4, -0.2) is 22.9 Å². The fraction of sp³-hybridized carbons (Fsp3) is 0.208. The third-order valence-corrected chi connectivity index (χ3v) is 5.09. The van der Waals surface area contributed by atoms with Crippen LogP contribution in [0.4, 0.5) is 0 Å². The molecule has 3 rings (SSSR count). The summed E-state index contributed by atoms with van der Waals surface area (Å²) in [6.45, 7) is 3.14. The Morgan fingerprint density at radius 2 is 1.71 bits per heavy atom. The van der Waals surface area contributed by atoms with Crippen LogP contribution in [0.15, 0.2) is 71.7 Å². The molecule has 2 amide bonds. The second-order valence-corrected chi connectivity index (χ2v) is 7.52. The molecule has 1 heterocycles. The second-order valence-electron chi connectivity index (χ2n) is 7.11. The molecule has 0 fully saturated rings. The molecular formula is C24H24ClN3O3. The zero-order valence-corrected chi connectivity index (χ0v) is 18.0. The van der Waals surface area contributed by atoms with Crippen molar-refractivity contribution in [2.75, 3.05) is 6.54 Å². The van der Waals surface area contributed by atoms with Crippen LogP contribution in [0, 0.1) is 0 Å². The molecule has 0 aliphatic rings. The molecule has 6 nitrogen and oxygen atoms in total. The fourth-order valence-corrected chi connectivity index (χ4v) is 3.24. The van der Waals surface area contributed by atoms with Gasteiger partial charge in [0.15, 0.2) is 0 Å². The molecule has 0 spiro atoms. The molecule has 0 saturated heterocycles. The van der Waals surface area contributed by atoms with Gasteiger partial charge in [-0.1, -0.05) is 48.9 Å². The Hall–Kier alpha value is -3.38. The number of halogens is 1. The minimum Gasteiger partial charge on any atom is -0.352 e. The van der Waals surface area contributed by atoms with Gasteiger partial charge in [0.1, 0.15) is 0 Å². The van der Waals surface area contributed by atoms with Crippen LogP contribution >= 0.6 is 11.6 Å². The maximum atomic E-state index is 12.6. The summed E-state index contributed by atoms with van der Waals surface area (Å²) >= 11 is 6.19. The number of amides is 2. The van der Waals surface area contributed by atoms with Crippen molar-refractivity contribution in [2.24, 2.45) is 0 Å². The van der Waals surface area contributed by atoms with Crippen LogP contribution in [-0.2, 0) is 13.1 Å². The maximum Gasteiger partial charge on any atom is 0.253 e. The van der Waals surface area contributed by atoms with E-state index in [4.69, 9.17) is 11.6 Å². The van der Waals surface area contributed by atoms with E-state index in [-0.39, 0.29) is 30.5 Å². The normalized spacial score (nSPS) is 10.5. The maximum absolute atomic E-state index is 12.6. The van der Waals surface area contributed by atoms with Crippen molar-refractivity contribution in [3.05, 3.63) is 104 Å². The van der Waals surface area contributed by atoms with E-state index in [0.29, 0.717) is 22.7 Å². The Bertz CT molecular complexity index is 1140. The number of benzene rings is 2. The molecule has 31 heavy (non-hydrogen) atoms. The minimum absolute atomic E-state index is 0.137. The summed E-state index contributed by atoms with van der Waals surface area (Å²) in [5.74, 6) is -0.449. The predicted molar refractivity (Wildman–Crippen MR) is 121 cm³/mol. The first-order valence-electron chi connectivity index (χ1n) is 10.1. The molecule has 1 aromatic heterocycles. The molecule has 0 aliphatic carbocycles. The van der Waals surface area contributed by atoms with Crippen LogP contribution < -0.4 is 16.2 Å². The van der Waals surface area contributed by atoms with Gasteiger partial charge in [0.05, 0.1) is 12.1 Å². The Balaban J connectivity index is 1.68. The molecule has 0 saturated carbocycles. The zero-order valence-electron chi connectivity index (χ0n) is 17.2. The summed E-state index contributed by atoms with van der Waals surface area (Å²) in [7, 11) is 0. The van der Waals surface area contributed by atoms with Gasteiger partial charge < -0.3 is 15.2 Å². The number of carbonyl (C=O) groups excluding carboxylic acids is 2. The number of hydrogen-bond donors (Lipinski definition) is 2. The number of aromatic nitrogens is 1. The van der Waals surface area contributed by atoms with Crippen molar-refractivity contribution in [3.63, 3.8) is 0 Å². The van der Waals surface area contributed by atoms with Crippen LogP contribution in [0.5, 0.6) is 0 Å². The molecule has 0 aliphatic heterocycles. The Morgan fingerprint density at radius 1 is 0.935 bits per heavy atom. The van der Waals surface area contributed by atoms with Gasteiger partial charge in [-0.25, -0.2) is 0 Å². The van der Waals surface area contributed by atoms with E-state index in [2.05, 4.69) is 10.6 Å². The highest BCUT2D eigenvalue weighted by Crippen LogP contribution is 2.15. The van der Waals surface area contributed by atoms with Crippen LogP contribution in [0.3, 0.4) is 0 Å². The highest BCUT2D eigenvalue weighted by molar-refractivity contribution is 6.31. The summed E-state index contributed by atoms with van der Waals surface area (Å²) in [5, 5.41) is 6.23. The number of nitrogens with one attached hydrogen (secondary N) is 2. The standard InChI is InChI=1S/C24H24ClN3O3/c1-2-12-26-23(30)18-8-5-6-17(13-18)14-27-24(31)20-10-11-22(29)28(16-20)15-19-7-3-4-9-21(19)25/h3-11,13,16H,2,12,14-15H2,1H3,(H,26,30)(H,27,31). The lowest BCUT2D eigenvalue weighted by Crippen LogP contribution is -2.27. The summed E-state index contributed by atoms with van der Waals surface area (Å²) in [6, 6.07) is 17.2. The van der Waals surface area contributed by atoms with E-state index in [1.807, 2.05) is 31.2 Å². The summed E-state index contributed by atoms with van der Waals surface area (Å²) in [4.78, 5) is 37.0. The van der Waals surface area contributed by atoms with Crippen LogP contribution in [0.25, 0.3) is 0 Å². The van der Waals surface area contributed by atoms with Crippen molar-refractivity contribution >= 4 is 23.4 Å². The summed E-state index contributed by atoms with van der Waals surface area (Å²) in [6.07, 6.45) is 2.38. The van der Waals surface area contributed by atoms with Gasteiger partial charge in [0, 0.05) is 35.9 Å². The van der Waals surface area contributed by atoms with E-state index in [9.17, 15) is 14.4 Å². The highest BCUT2D eigenvalue weighted by atomic mass is 35.5. The number of nitrogens with zero attached hydrogens (tertiary/aromatic N) is 1. The fourth-order valence-electron chi connectivity index (χ4n) is 3.05. The SMILES string of the molecule is CCCNC(=O)c1cccc(CNC(=O)c2ccc(=O)n(Cc3ccccc3Cl)c2)c1. The number of pyridine rings is 1. The highest BCUT2D eigenvalue weighted by Gasteiger charge is 2.10. The third-order valence-electron chi connectivity index (χ3n) is 4.72. The Labute approximate surface area is 185 Å². The average molecular weight is 438 g/mol. The number of rotatable bonds is 8. The van der Waals surface area contributed by atoms with Crippen molar-refractivity contribution < 1.29 is 9.59 Å². The van der Waals surface area contributed by atoms with E-state index in [1.165, 1.54) is 22.9 Å². The van der Waals surface area contributed by atoms with E-state index in [0.717, 1.165) is 17.5 Å². The first-order valence-corrected chi connectivity index (χ1v) is 10.4. The topological polar surface area (TPSA) is 80.2 Å². The predicted octanol–water partition coefficient (Wildman–Crippen LogP) is 3.62. The number of hydrogen-bond acceptors (Lipinski definition) is 3. The lowest BCUT2D eigenvalue weighted by atomic mass is 10.1. The summed E-state index contributed by atoms with van der Waals surface area (Å²) < 4.78 is 1.45. The monoisotopic (exact) mass is 437 g/mol. The largest absolute Gasteiger partial charge is 0.352 e. The lowest BCUT2D eigenvalue weighted by Gasteiger charge is -2.11. The van der Waals surface area contributed by atoms with Gasteiger partial charge in [-0.15, -0.1) is 0 Å². The first kappa shape index (κ1) is 22.3. The molecule has 2 aromatic carbocycles. The van der Waals surface area contributed by atoms with Gasteiger partial charge in [-0.05, 0) is 41.8 Å². The Morgan fingerprint density at radius 3 is 2.48 bits per heavy atom. The van der Waals surface area contributed by atoms with E-state index >= 15 is 0 Å². The van der Waals surface area contributed by atoms with Crippen molar-refractivity contribution in [2.45, 2.75) is 26.4 Å². The van der Waals surface area contributed by atoms with E-state index in [1.54, 1.807) is 24.3 Å². The van der Waals surface area contributed by atoms with Crippen molar-refractivity contribution in [1.29, 1.82) is 0 Å². The van der Waals surface area contributed by atoms with Gasteiger partial charge in [-0.2, -0.15) is 0 Å². The minimum atomic E-state index is -0.311. The molecule has 2 N–H and O–H groups in total. The smallest absolute Gasteiger partial charge is 0.253 e. The molecule has 160 valence electrons. The van der Waals surface area contributed by atoms with Gasteiger partial charge in [0.25, 0.3) is 17.4 Å².